The highest BCUT2D eigenvalue weighted by atomic mass is 32.1. The zero-order valence-corrected chi connectivity index (χ0v) is 14.0. The molecule has 1 fully saturated rings. The van der Waals surface area contributed by atoms with Gasteiger partial charge >= 0.3 is 12.6 Å². The number of amides is 1. The lowest BCUT2D eigenvalue weighted by Crippen LogP contribution is -2.40. The molecule has 0 bridgehead atoms. The first kappa shape index (κ1) is 17.7. The minimum atomic E-state index is -3.01. The second kappa shape index (κ2) is 6.43. The summed E-state index contributed by atoms with van der Waals surface area (Å²) in [6.45, 7) is 2.66. The molecule has 5 nitrogen and oxygen atoms in total. The standard InChI is InChI=1S/C15H19F2NO4S/c1-8(2)15(13(20)21)4-5-18(7-15)12(19)11-10(22-14(16)17)6-9(3)23-11/h6,8,14H,4-5,7H2,1-3H3,(H,20,21). The van der Waals surface area contributed by atoms with E-state index in [1.54, 1.807) is 6.92 Å². The number of halogens is 2. The predicted octanol–water partition coefficient (Wildman–Crippen LogP) is 3.23. The fraction of sp³-hybridized carbons (Fsp3) is 0.600. The Morgan fingerprint density at radius 2 is 2.09 bits per heavy atom. The van der Waals surface area contributed by atoms with E-state index in [0.717, 1.165) is 11.3 Å². The molecule has 0 aromatic carbocycles. The van der Waals surface area contributed by atoms with E-state index in [1.165, 1.54) is 11.0 Å². The molecule has 1 unspecified atom stereocenters. The number of thiophene rings is 1. The number of aliphatic carboxylic acids is 1. The highest BCUT2D eigenvalue weighted by Gasteiger charge is 2.49. The SMILES string of the molecule is Cc1cc(OC(F)F)c(C(=O)N2CCC(C(=O)O)(C(C)C)C2)s1. The van der Waals surface area contributed by atoms with Crippen LogP contribution in [0, 0.1) is 18.3 Å². The first-order chi connectivity index (χ1) is 10.7. The van der Waals surface area contributed by atoms with Crippen LogP contribution in [0.2, 0.25) is 0 Å². The van der Waals surface area contributed by atoms with Crippen LogP contribution in [0.15, 0.2) is 6.07 Å². The Hall–Kier alpha value is -1.70. The van der Waals surface area contributed by atoms with Crippen molar-refractivity contribution in [2.75, 3.05) is 13.1 Å². The molecule has 1 aromatic heterocycles. The summed E-state index contributed by atoms with van der Waals surface area (Å²) in [6.07, 6.45) is 0.348. The Morgan fingerprint density at radius 1 is 1.43 bits per heavy atom. The summed E-state index contributed by atoms with van der Waals surface area (Å²) >= 11 is 1.07. The van der Waals surface area contributed by atoms with Crippen LogP contribution < -0.4 is 4.74 Å². The maximum absolute atomic E-state index is 12.6. The Bertz CT molecular complexity index is 617. The van der Waals surface area contributed by atoms with E-state index < -0.39 is 23.9 Å². The number of rotatable bonds is 5. The average Bonchev–Trinajstić information content (AvgIpc) is 3.02. The molecule has 1 aromatic rings. The summed E-state index contributed by atoms with van der Waals surface area (Å²) in [5.74, 6) is -1.68. The van der Waals surface area contributed by atoms with Crippen molar-refractivity contribution in [1.29, 1.82) is 0 Å². The van der Waals surface area contributed by atoms with E-state index in [0.29, 0.717) is 11.3 Å². The molecule has 1 N–H and O–H groups in total. The van der Waals surface area contributed by atoms with Gasteiger partial charge in [-0.15, -0.1) is 11.3 Å². The zero-order chi connectivity index (χ0) is 17.4. The van der Waals surface area contributed by atoms with E-state index in [4.69, 9.17) is 0 Å². The van der Waals surface area contributed by atoms with Gasteiger partial charge in [-0.05, 0) is 25.3 Å². The summed E-state index contributed by atoms with van der Waals surface area (Å²) in [5.41, 5.74) is -0.994. The van der Waals surface area contributed by atoms with Crippen molar-refractivity contribution in [2.45, 2.75) is 33.8 Å². The van der Waals surface area contributed by atoms with Gasteiger partial charge in [-0.1, -0.05) is 13.8 Å². The smallest absolute Gasteiger partial charge is 0.387 e. The summed E-state index contributed by atoms with van der Waals surface area (Å²) in [4.78, 5) is 26.4. The molecule has 1 aliphatic rings. The minimum absolute atomic E-state index is 0.0733. The maximum Gasteiger partial charge on any atom is 0.387 e. The first-order valence-corrected chi connectivity index (χ1v) is 8.07. The fourth-order valence-electron chi connectivity index (χ4n) is 2.87. The second-order valence-electron chi connectivity index (χ2n) is 6.02. The van der Waals surface area contributed by atoms with Crippen molar-refractivity contribution in [2.24, 2.45) is 11.3 Å². The van der Waals surface area contributed by atoms with E-state index in [9.17, 15) is 23.5 Å². The lowest BCUT2D eigenvalue weighted by Gasteiger charge is -2.28. The van der Waals surface area contributed by atoms with Crippen LogP contribution in [0.3, 0.4) is 0 Å². The number of likely N-dealkylation sites (tertiary alicyclic amines) is 1. The molecular weight excluding hydrogens is 328 g/mol. The third kappa shape index (κ3) is 3.31. The first-order valence-electron chi connectivity index (χ1n) is 7.25. The van der Waals surface area contributed by atoms with Crippen LogP contribution in [-0.2, 0) is 4.79 Å². The molecule has 2 rings (SSSR count). The quantitative estimate of drug-likeness (QED) is 0.888. The molecular formula is C15H19F2NO4S. The topological polar surface area (TPSA) is 66.8 Å². The number of hydrogen-bond donors (Lipinski definition) is 1. The number of aryl methyl sites for hydroxylation is 1. The van der Waals surface area contributed by atoms with E-state index in [-0.39, 0.29) is 29.6 Å². The van der Waals surface area contributed by atoms with Crippen molar-refractivity contribution in [3.63, 3.8) is 0 Å². The molecule has 1 atom stereocenters. The van der Waals surface area contributed by atoms with Crippen LogP contribution in [0.25, 0.3) is 0 Å². The molecule has 0 radical (unpaired) electrons. The fourth-order valence-corrected chi connectivity index (χ4v) is 3.78. The van der Waals surface area contributed by atoms with Crippen molar-refractivity contribution >= 4 is 23.2 Å². The summed E-state index contributed by atoms with van der Waals surface area (Å²) in [5, 5.41) is 9.52. The molecule has 0 saturated carbocycles. The van der Waals surface area contributed by atoms with Crippen LogP contribution in [0.5, 0.6) is 5.75 Å². The second-order valence-corrected chi connectivity index (χ2v) is 7.28. The third-order valence-electron chi connectivity index (χ3n) is 4.35. The van der Waals surface area contributed by atoms with Crippen LogP contribution in [0.1, 0.15) is 34.8 Å². The minimum Gasteiger partial charge on any atom is -0.481 e. The molecule has 2 heterocycles. The molecule has 1 amide bonds. The number of carboxylic acid groups (broad SMARTS) is 1. The van der Waals surface area contributed by atoms with Gasteiger partial charge in [-0.2, -0.15) is 8.78 Å². The molecule has 128 valence electrons. The van der Waals surface area contributed by atoms with Gasteiger partial charge in [-0.3, -0.25) is 9.59 Å². The number of carbonyl (C=O) groups excluding carboxylic acids is 1. The lowest BCUT2D eigenvalue weighted by molar-refractivity contribution is -0.150. The van der Waals surface area contributed by atoms with Gasteiger partial charge in [0.05, 0.1) is 5.41 Å². The Kier molecular flexibility index (Phi) is 4.93. The van der Waals surface area contributed by atoms with Gasteiger partial charge in [0.15, 0.2) is 0 Å². The van der Waals surface area contributed by atoms with Crippen molar-refractivity contribution in [1.82, 2.24) is 4.90 Å². The maximum atomic E-state index is 12.6. The van der Waals surface area contributed by atoms with Crippen molar-refractivity contribution in [3.8, 4) is 5.75 Å². The highest BCUT2D eigenvalue weighted by Crippen LogP contribution is 2.40. The molecule has 0 aliphatic carbocycles. The van der Waals surface area contributed by atoms with Crippen molar-refractivity contribution < 1.29 is 28.2 Å². The van der Waals surface area contributed by atoms with Gasteiger partial charge in [0, 0.05) is 18.0 Å². The molecule has 0 spiro atoms. The normalized spacial score (nSPS) is 21.3. The van der Waals surface area contributed by atoms with Gasteiger partial charge in [-0.25, -0.2) is 0 Å². The summed E-state index contributed by atoms with van der Waals surface area (Å²) in [6, 6.07) is 1.40. The van der Waals surface area contributed by atoms with Crippen LogP contribution in [0.4, 0.5) is 8.78 Å². The number of hydrogen-bond acceptors (Lipinski definition) is 4. The Balaban J connectivity index is 2.24. The largest absolute Gasteiger partial charge is 0.481 e. The van der Waals surface area contributed by atoms with Crippen LogP contribution in [-0.4, -0.2) is 41.6 Å². The monoisotopic (exact) mass is 347 g/mol. The Labute approximate surface area is 136 Å². The number of alkyl halides is 2. The van der Waals surface area contributed by atoms with Crippen molar-refractivity contribution in [3.05, 3.63) is 15.8 Å². The summed E-state index contributed by atoms with van der Waals surface area (Å²) in [7, 11) is 0. The molecule has 23 heavy (non-hydrogen) atoms. The van der Waals surface area contributed by atoms with E-state index >= 15 is 0 Å². The van der Waals surface area contributed by atoms with E-state index in [2.05, 4.69) is 4.74 Å². The van der Waals surface area contributed by atoms with Crippen LogP contribution >= 0.6 is 11.3 Å². The van der Waals surface area contributed by atoms with Gasteiger partial charge < -0.3 is 14.7 Å². The molecule has 1 aliphatic heterocycles. The zero-order valence-electron chi connectivity index (χ0n) is 13.1. The Morgan fingerprint density at radius 3 is 2.57 bits per heavy atom. The van der Waals surface area contributed by atoms with E-state index in [1.807, 2.05) is 13.8 Å². The molecule has 1 saturated heterocycles. The number of carbonyl (C=O) groups is 2. The third-order valence-corrected chi connectivity index (χ3v) is 5.37. The number of carboxylic acids is 1. The van der Waals surface area contributed by atoms with Gasteiger partial charge in [0.2, 0.25) is 0 Å². The number of ether oxygens (including phenoxy) is 1. The lowest BCUT2D eigenvalue weighted by atomic mass is 9.76. The summed E-state index contributed by atoms with van der Waals surface area (Å²) < 4.78 is 29.3. The van der Waals surface area contributed by atoms with Gasteiger partial charge in [0.1, 0.15) is 10.6 Å². The average molecular weight is 347 g/mol. The molecule has 8 heteroatoms. The number of nitrogens with zero attached hydrogens (tertiary/aromatic N) is 1. The predicted molar refractivity (Wildman–Crippen MR) is 81.1 cm³/mol. The van der Waals surface area contributed by atoms with Gasteiger partial charge in [0.25, 0.3) is 5.91 Å². The highest BCUT2D eigenvalue weighted by molar-refractivity contribution is 7.14.